The van der Waals surface area contributed by atoms with Crippen LogP contribution in [-0.2, 0) is 6.42 Å². The lowest BCUT2D eigenvalue weighted by Gasteiger charge is -2.08. The van der Waals surface area contributed by atoms with Gasteiger partial charge in [0.25, 0.3) is 0 Å². The average molecular weight is 174 g/mol. The first-order valence-corrected chi connectivity index (χ1v) is 4.35. The van der Waals surface area contributed by atoms with E-state index < -0.39 is 0 Å². The Bertz CT molecular complexity index is 320. The summed E-state index contributed by atoms with van der Waals surface area (Å²) >= 11 is 0. The maximum absolute atomic E-state index is 5.22. The minimum Gasteiger partial charge on any atom is -0.496 e. The van der Waals surface area contributed by atoms with Crippen LogP contribution in [0.1, 0.15) is 17.5 Å². The fourth-order valence-corrected chi connectivity index (χ4v) is 1.36. The number of rotatable bonds is 3. The van der Waals surface area contributed by atoms with Crippen LogP contribution in [0.25, 0.3) is 0 Å². The van der Waals surface area contributed by atoms with Crippen LogP contribution in [0.2, 0.25) is 0 Å². The molecule has 1 nitrogen and oxygen atoms in total. The van der Waals surface area contributed by atoms with E-state index >= 15 is 0 Å². The quantitative estimate of drug-likeness (QED) is 0.640. The number of terminal acetylenes is 1. The third-order valence-electron chi connectivity index (χ3n) is 2.15. The molecule has 0 aliphatic rings. The van der Waals surface area contributed by atoms with Crippen molar-refractivity contribution < 1.29 is 4.74 Å². The Labute approximate surface area is 79.7 Å². The molecule has 0 amide bonds. The summed E-state index contributed by atoms with van der Waals surface area (Å²) in [6, 6.07) is 6.06. The Morgan fingerprint density at radius 1 is 1.46 bits per heavy atom. The number of benzene rings is 1. The van der Waals surface area contributed by atoms with Gasteiger partial charge in [-0.3, -0.25) is 0 Å². The molecule has 0 heterocycles. The van der Waals surface area contributed by atoms with E-state index in [0.29, 0.717) is 0 Å². The summed E-state index contributed by atoms with van der Waals surface area (Å²) in [6.07, 6.45) is 6.93. The Hall–Kier alpha value is -1.42. The zero-order valence-corrected chi connectivity index (χ0v) is 8.13. The number of hydrogen-bond donors (Lipinski definition) is 0. The molecule has 0 saturated heterocycles. The van der Waals surface area contributed by atoms with Crippen molar-refractivity contribution >= 4 is 0 Å². The Balaban J connectivity index is 2.89. The first-order valence-electron chi connectivity index (χ1n) is 4.35. The summed E-state index contributed by atoms with van der Waals surface area (Å²) < 4.78 is 5.21. The highest BCUT2D eigenvalue weighted by Crippen LogP contribution is 2.21. The molecule has 0 spiro atoms. The van der Waals surface area contributed by atoms with Crippen LogP contribution in [0.4, 0.5) is 0 Å². The van der Waals surface area contributed by atoms with Crippen molar-refractivity contribution in [3.8, 4) is 18.1 Å². The molecule has 68 valence electrons. The molecule has 0 saturated carbocycles. The van der Waals surface area contributed by atoms with E-state index in [-0.39, 0.29) is 0 Å². The van der Waals surface area contributed by atoms with Gasteiger partial charge in [-0.15, -0.1) is 12.3 Å². The van der Waals surface area contributed by atoms with E-state index in [4.69, 9.17) is 11.2 Å². The molecular weight excluding hydrogens is 160 g/mol. The number of ether oxygens (including phenoxy) is 1. The van der Waals surface area contributed by atoms with Crippen molar-refractivity contribution in [2.45, 2.75) is 19.8 Å². The summed E-state index contributed by atoms with van der Waals surface area (Å²) in [5.74, 6) is 3.58. The molecule has 1 rings (SSSR count). The Morgan fingerprint density at radius 2 is 2.23 bits per heavy atom. The van der Waals surface area contributed by atoms with Crippen LogP contribution >= 0.6 is 0 Å². The van der Waals surface area contributed by atoms with E-state index in [1.54, 1.807) is 7.11 Å². The molecule has 0 aliphatic heterocycles. The highest BCUT2D eigenvalue weighted by atomic mass is 16.5. The second-order valence-corrected chi connectivity index (χ2v) is 2.95. The first-order chi connectivity index (χ1) is 6.29. The molecule has 0 radical (unpaired) electrons. The van der Waals surface area contributed by atoms with E-state index in [1.807, 2.05) is 12.1 Å². The fourth-order valence-electron chi connectivity index (χ4n) is 1.36. The Kier molecular flexibility index (Phi) is 3.40. The molecule has 0 fully saturated rings. The number of hydrogen-bond acceptors (Lipinski definition) is 1. The van der Waals surface area contributed by atoms with Gasteiger partial charge in [0.1, 0.15) is 5.75 Å². The SMILES string of the molecule is C#CCCc1cccc(OC)c1C. The van der Waals surface area contributed by atoms with Crippen molar-refractivity contribution in [2.75, 3.05) is 7.11 Å². The predicted octanol–water partition coefficient (Wildman–Crippen LogP) is 2.57. The van der Waals surface area contributed by atoms with Gasteiger partial charge < -0.3 is 4.74 Å². The van der Waals surface area contributed by atoms with Crippen molar-refractivity contribution in [2.24, 2.45) is 0 Å². The van der Waals surface area contributed by atoms with Gasteiger partial charge in [-0.05, 0) is 30.5 Å². The molecule has 0 aliphatic carbocycles. The minimum absolute atomic E-state index is 0.786. The van der Waals surface area contributed by atoms with Crippen molar-refractivity contribution in [1.82, 2.24) is 0 Å². The first kappa shape index (κ1) is 9.67. The molecule has 1 aromatic carbocycles. The van der Waals surface area contributed by atoms with Gasteiger partial charge in [0.05, 0.1) is 7.11 Å². The third-order valence-corrected chi connectivity index (χ3v) is 2.15. The zero-order chi connectivity index (χ0) is 9.68. The standard InChI is InChI=1S/C12H14O/c1-4-5-7-11-8-6-9-12(13-3)10(11)2/h1,6,8-9H,5,7H2,2-3H3. The monoisotopic (exact) mass is 174 g/mol. The van der Waals surface area contributed by atoms with E-state index in [1.165, 1.54) is 11.1 Å². The van der Waals surface area contributed by atoms with Gasteiger partial charge in [-0.25, -0.2) is 0 Å². The van der Waals surface area contributed by atoms with Gasteiger partial charge >= 0.3 is 0 Å². The van der Waals surface area contributed by atoms with Crippen LogP contribution in [0.5, 0.6) is 5.75 Å². The number of aryl methyl sites for hydroxylation is 1. The maximum Gasteiger partial charge on any atom is 0.122 e. The molecular formula is C12H14O. The lowest BCUT2D eigenvalue weighted by molar-refractivity contribution is 0.411. The summed E-state index contributed by atoms with van der Waals surface area (Å²) in [5.41, 5.74) is 2.47. The van der Waals surface area contributed by atoms with E-state index in [0.717, 1.165) is 18.6 Å². The summed E-state index contributed by atoms with van der Waals surface area (Å²) in [7, 11) is 1.69. The third kappa shape index (κ3) is 2.26. The van der Waals surface area contributed by atoms with Gasteiger partial charge in [-0.1, -0.05) is 12.1 Å². The van der Waals surface area contributed by atoms with E-state index in [2.05, 4.69) is 18.9 Å². The van der Waals surface area contributed by atoms with Gasteiger partial charge in [0, 0.05) is 6.42 Å². The van der Waals surface area contributed by atoms with Gasteiger partial charge in [0.15, 0.2) is 0 Å². The number of methoxy groups -OCH3 is 1. The minimum atomic E-state index is 0.786. The van der Waals surface area contributed by atoms with Crippen LogP contribution in [-0.4, -0.2) is 7.11 Å². The normalized spacial score (nSPS) is 9.31. The van der Waals surface area contributed by atoms with Crippen molar-refractivity contribution in [3.05, 3.63) is 29.3 Å². The van der Waals surface area contributed by atoms with E-state index in [9.17, 15) is 0 Å². The summed E-state index contributed by atoms with van der Waals surface area (Å²) in [5, 5.41) is 0. The highest BCUT2D eigenvalue weighted by Gasteiger charge is 2.02. The zero-order valence-electron chi connectivity index (χ0n) is 8.13. The second kappa shape index (κ2) is 4.57. The largest absolute Gasteiger partial charge is 0.496 e. The highest BCUT2D eigenvalue weighted by molar-refractivity contribution is 5.39. The van der Waals surface area contributed by atoms with Gasteiger partial charge in [-0.2, -0.15) is 0 Å². The van der Waals surface area contributed by atoms with Crippen molar-refractivity contribution in [3.63, 3.8) is 0 Å². The molecule has 1 heteroatoms. The van der Waals surface area contributed by atoms with Crippen LogP contribution in [0.15, 0.2) is 18.2 Å². The lowest BCUT2D eigenvalue weighted by atomic mass is 10.0. The smallest absolute Gasteiger partial charge is 0.122 e. The molecule has 0 aromatic heterocycles. The van der Waals surface area contributed by atoms with Crippen LogP contribution < -0.4 is 4.74 Å². The maximum atomic E-state index is 5.22. The summed E-state index contributed by atoms with van der Waals surface area (Å²) in [6.45, 7) is 2.06. The van der Waals surface area contributed by atoms with Crippen molar-refractivity contribution in [1.29, 1.82) is 0 Å². The second-order valence-electron chi connectivity index (χ2n) is 2.95. The fraction of sp³-hybridized carbons (Fsp3) is 0.333. The molecule has 1 aromatic rings. The molecule has 0 atom stereocenters. The Morgan fingerprint density at radius 3 is 2.85 bits per heavy atom. The van der Waals surface area contributed by atoms with Crippen LogP contribution in [0, 0.1) is 19.3 Å². The predicted molar refractivity (Wildman–Crippen MR) is 54.9 cm³/mol. The molecule has 0 bridgehead atoms. The van der Waals surface area contributed by atoms with Crippen LogP contribution in [0.3, 0.4) is 0 Å². The molecule has 0 unspecified atom stereocenters. The molecule has 0 N–H and O–H groups in total. The lowest BCUT2D eigenvalue weighted by Crippen LogP contribution is -1.93. The summed E-state index contributed by atoms with van der Waals surface area (Å²) in [4.78, 5) is 0. The van der Waals surface area contributed by atoms with Gasteiger partial charge in [0.2, 0.25) is 0 Å². The average Bonchev–Trinajstić information content (AvgIpc) is 2.16. The molecule has 13 heavy (non-hydrogen) atoms. The topological polar surface area (TPSA) is 9.23 Å².